The number of nitrogens with one attached hydrogen (secondary N) is 1. The Labute approximate surface area is 302 Å². The molecule has 50 heavy (non-hydrogen) atoms. The Morgan fingerprint density at radius 3 is 0.460 bits per heavy atom. The summed E-state index contributed by atoms with van der Waals surface area (Å²) in [5, 5.41) is 21.1. The number of hydrogen-bond acceptors (Lipinski definition) is 15. The van der Waals surface area contributed by atoms with Gasteiger partial charge in [0.1, 0.15) is 0 Å². The quantitative estimate of drug-likeness (QED) is 0.0869. The molecule has 0 saturated carbocycles. The van der Waals surface area contributed by atoms with Gasteiger partial charge in [-0.2, -0.15) is 0 Å². The molecule has 0 radical (unpaired) electrons. The first-order valence-corrected chi connectivity index (χ1v) is 21.3. The molecule has 0 saturated heterocycles. The predicted octanol–water partition coefficient (Wildman–Crippen LogP) is -14.1. The van der Waals surface area contributed by atoms with E-state index in [4.69, 9.17) is 44.7 Å². The van der Waals surface area contributed by atoms with Crippen LogP contribution in [0, 0.1) is 0 Å². The average Bonchev–Trinajstić information content (AvgIpc) is 2.71. The van der Waals surface area contributed by atoms with Gasteiger partial charge in [-0.05, 0) is 20.8 Å². The van der Waals surface area contributed by atoms with Crippen molar-refractivity contribution in [3.8, 4) is 0 Å². The molecule has 0 aliphatic carbocycles. The molecule has 0 aliphatic rings. The number of aliphatic hydroxyl groups is 3. The summed E-state index contributed by atoms with van der Waals surface area (Å²) in [7, 11) is -14.8. The fraction of sp³-hybridized carbons (Fsp3) is 1.00. The van der Waals surface area contributed by atoms with Crippen LogP contribution in [0.25, 0.3) is 0 Å². The zero-order valence-corrected chi connectivity index (χ0v) is 37.9. The summed E-state index contributed by atoms with van der Waals surface area (Å²) >= 11 is 0. The van der Waals surface area contributed by atoms with Crippen molar-refractivity contribution in [1.82, 2.24) is 0 Å². The van der Waals surface area contributed by atoms with Gasteiger partial charge in [-0.25, -0.2) is 0 Å². The molecule has 0 aromatic carbocycles. The third kappa shape index (κ3) is 37.4. The maximum atomic E-state index is 10.1. The Balaban J connectivity index is -0.0000000417. The van der Waals surface area contributed by atoms with E-state index in [-0.39, 0.29) is 56.7 Å². The van der Waals surface area contributed by atoms with Crippen LogP contribution in [0.15, 0.2) is 0 Å². The van der Waals surface area contributed by atoms with Crippen molar-refractivity contribution in [1.29, 1.82) is 0 Å². The molecular weight excluding hydrogens is 871 g/mol. The van der Waals surface area contributed by atoms with Crippen LogP contribution in [0.4, 0.5) is 0 Å². The number of rotatable bonds is 6. The zero-order chi connectivity index (χ0) is 40.2. The van der Waals surface area contributed by atoms with Crippen LogP contribution >= 0.6 is 45.6 Å². The normalized spacial score (nSPS) is 20.4. The van der Waals surface area contributed by atoms with E-state index in [0.29, 0.717) is 0 Å². The van der Waals surface area contributed by atoms with Crippen molar-refractivity contribution in [2.45, 2.75) is 36.0 Å². The summed E-state index contributed by atoms with van der Waals surface area (Å²) < 4.78 is 60.6. The Morgan fingerprint density at radius 2 is 0.460 bits per heavy atom. The molecule has 28 nitrogen and oxygen atoms in total. The van der Waals surface area contributed by atoms with Crippen LogP contribution < -0.4 is 50.2 Å². The standard InChI is InChI=1S/C3H9N.3C2H7N.3C2H8O7P2.3H2O.Zn/c1-4(2)3;3*1-3-2;3*1-2(3,10(4,5)6)11(7,8)9;;;;/h1-3H3;3*3H,1-2H3;3*3H,1H3,(H2,4,5,6)(H2,7,8,9);3*1H2;/q;;;;;;;;;;+2/p-2. The molecule has 0 aromatic rings. The second-order valence-corrected chi connectivity index (χ2v) is 21.8. The SMILES string of the molecule is CC(O)(P(=O)([O-])O)P(=O)([O-])O.CC(O)(P(=O)([O-])O)P(=O)([O-])O.CC(O)(P(=O)([O-])O)P(=O)([O-])O.C[NH+](C)C.C[NH2+]C.C[NH2+]C.C[NH2+]C.O.O.O.[Zn+2]. The van der Waals surface area contributed by atoms with Gasteiger partial charge in [0.2, 0.25) is 0 Å². The van der Waals surface area contributed by atoms with Crippen molar-refractivity contribution in [3.05, 3.63) is 0 Å². The summed E-state index contributed by atoms with van der Waals surface area (Å²) in [5.41, 5.74) is 0. The number of quaternary nitrogens is 4. The smallest absolute Gasteiger partial charge is 0.776 e. The summed E-state index contributed by atoms with van der Waals surface area (Å²) in [5.74, 6) is 0. The van der Waals surface area contributed by atoms with Crippen LogP contribution in [0.3, 0.4) is 0 Å². The van der Waals surface area contributed by atoms with Gasteiger partial charge in [0, 0.05) is 0 Å². The molecule has 0 aliphatic heterocycles. The van der Waals surface area contributed by atoms with E-state index >= 15 is 0 Å². The van der Waals surface area contributed by atoms with E-state index in [9.17, 15) is 56.8 Å². The Bertz CT molecular complexity index is 875. The molecule has 0 aromatic heterocycles. The molecule has 0 amide bonds. The Kier molecular flexibility index (Phi) is 51.7. The van der Waals surface area contributed by atoms with Crippen molar-refractivity contribution >= 4 is 45.6 Å². The molecule has 0 rings (SSSR count). The molecule has 6 atom stereocenters. The summed E-state index contributed by atoms with van der Waals surface area (Å²) in [6.45, 7) is 0.775. The fourth-order valence-corrected chi connectivity index (χ4v) is 4.31. The summed E-state index contributed by atoms with van der Waals surface area (Å²) in [6.07, 6.45) is 0. The van der Waals surface area contributed by atoms with Gasteiger partial charge in [0.15, 0.2) is 60.8 Å². The minimum atomic E-state index is -5.51. The van der Waals surface area contributed by atoms with Gasteiger partial charge >= 0.3 is 19.5 Å². The predicted molar refractivity (Wildman–Crippen MR) is 162 cm³/mol. The zero-order valence-electron chi connectivity index (χ0n) is 29.5. The Hall–Kier alpha value is 1.12. The minimum Gasteiger partial charge on any atom is -0.776 e. The maximum absolute atomic E-state index is 10.1. The van der Waals surface area contributed by atoms with Gasteiger partial charge in [-0.15, -0.1) is 0 Å². The number of nitrogens with two attached hydrogens (primary N) is 3. The van der Waals surface area contributed by atoms with E-state index in [1.165, 1.54) is 4.90 Å². The molecule has 22 N–H and O–H groups in total. The first-order chi connectivity index (χ1) is 19.5. The molecule has 0 spiro atoms. The topological polar surface area (TPSA) is 572 Å². The maximum Gasteiger partial charge on any atom is 2.00 e. The monoisotopic (exact) mass is 928 g/mol. The molecule has 35 heteroatoms. The van der Waals surface area contributed by atoms with Crippen LogP contribution in [-0.2, 0) is 46.9 Å². The second kappa shape index (κ2) is 32.4. The van der Waals surface area contributed by atoms with Crippen LogP contribution in [0.1, 0.15) is 20.8 Å². The van der Waals surface area contributed by atoms with Gasteiger partial charge in [-0.3, -0.25) is 0 Å². The largest absolute Gasteiger partial charge is 2.00 e. The van der Waals surface area contributed by atoms with E-state index in [1.54, 1.807) is 0 Å². The van der Waals surface area contributed by atoms with Crippen LogP contribution in [0.2, 0.25) is 0 Å². The fourth-order valence-electron chi connectivity index (χ4n) is 0.479. The van der Waals surface area contributed by atoms with Crippen molar-refractivity contribution < 1.29 is 158 Å². The van der Waals surface area contributed by atoms with Crippen molar-refractivity contribution in [3.63, 3.8) is 0 Å². The first-order valence-electron chi connectivity index (χ1n) is 11.9. The minimum absolute atomic E-state index is 0. The second-order valence-electron chi connectivity index (χ2n) is 9.27. The van der Waals surface area contributed by atoms with Gasteiger partial charge < -0.3 is 139 Å². The van der Waals surface area contributed by atoms with E-state index < -0.39 is 60.8 Å². The van der Waals surface area contributed by atoms with Crippen LogP contribution in [-0.4, -0.2) is 140 Å². The first kappa shape index (κ1) is 79.8. The summed E-state index contributed by atoms with van der Waals surface area (Å²) in [4.78, 5) is 111. The van der Waals surface area contributed by atoms with Crippen LogP contribution in [0.5, 0.6) is 0 Å². The third-order valence-corrected chi connectivity index (χ3v) is 14.2. The Morgan fingerprint density at radius 1 is 0.420 bits per heavy atom. The molecule has 314 valence electrons. The molecular formula is C15H58N4O24P6Zn. The van der Waals surface area contributed by atoms with Gasteiger partial charge in [0.25, 0.3) is 0 Å². The summed E-state index contributed by atoms with van der Waals surface area (Å²) in [6, 6.07) is 0. The number of hydrogen-bond donors (Lipinski definition) is 13. The van der Waals surface area contributed by atoms with Gasteiger partial charge in [0.05, 0.1) is 63.4 Å². The van der Waals surface area contributed by atoms with E-state index in [0.717, 1.165) is 0 Å². The average molecular weight is 930 g/mol. The molecule has 0 bridgehead atoms. The molecule has 0 fully saturated rings. The molecule has 0 heterocycles. The van der Waals surface area contributed by atoms with Crippen molar-refractivity contribution in [2.75, 3.05) is 63.4 Å². The van der Waals surface area contributed by atoms with Crippen molar-refractivity contribution in [2.24, 2.45) is 0 Å². The third-order valence-electron chi connectivity index (χ3n) is 3.21. The van der Waals surface area contributed by atoms with Gasteiger partial charge in [-0.1, -0.05) is 0 Å². The molecule has 6 unspecified atom stereocenters. The van der Waals surface area contributed by atoms with E-state index in [1.807, 2.05) is 58.2 Å². The van der Waals surface area contributed by atoms with E-state index in [2.05, 4.69) is 21.1 Å².